The van der Waals surface area contributed by atoms with Crippen molar-refractivity contribution >= 4 is 21.7 Å². The number of ketones is 1. The molecule has 0 amide bonds. The van der Waals surface area contributed by atoms with Crippen LogP contribution in [-0.4, -0.2) is 10.6 Å². The molecule has 0 aliphatic rings. The van der Waals surface area contributed by atoms with Gasteiger partial charge in [0.05, 0.1) is 4.83 Å². The quantitative estimate of drug-likeness (QED) is 0.754. The van der Waals surface area contributed by atoms with Crippen LogP contribution in [0.4, 0.5) is 0 Å². The molecule has 1 rings (SSSR count). The Hall–Kier alpha value is -0.630. The first-order valence-corrected chi connectivity index (χ1v) is 6.90. The number of hydrogen-bond donors (Lipinski definition) is 0. The molecule has 0 fully saturated rings. The molecule has 0 spiro atoms. The van der Waals surface area contributed by atoms with Gasteiger partial charge in [-0.15, -0.1) is 0 Å². The van der Waals surface area contributed by atoms with Gasteiger partial charge in [0.25, 0.3) is 0 Å². The summed E-state index contributed by atoms with van der Waals surface area (Å²) in [4.78, 5) is 11.4. The summed E-state index contributed by atoms with van der Waals surface area (Å²) in [7, 11) is 0. The fraction of sp³-hybridized carbons (Fsp3) is 0.533. The lowest BCUT2D eigenvalue weighted by Gasteiger charge is -2.27. The van der Waals surface area contributed by atoms with E-state index >= 15 is 0 Å². The molecule has 0 aliphatic carbocycles. The van der Waals surface area contributed by atoms with Crippen LogP contribution >= 0.6 is 15.9 Å². The second-order valence-electron chi connectivity index (χ2n) is 5.64. The molecule has 0 bridgehead atoms. The van der Waals surface area contributed by atoms with E-state index in [1.807, 2.05) is 6.07 Å². The number of halogens is 1. The largest absolute Gasteiger partial charge is 0.299 e. The summed E-state index contributed by atoms with van der Waals surface area (Å²) in [5.74, 6) is 0.379. The van der Waals surface area contributed by atoms with Gasteiger partial charge in [0.1, 0.15) is 5.78 Å². The third kappa shape index (κ3) is 3.41. The Balaban J connectivity index is 3.18. The number of hydrogen-bond acceptors (Lipinski definition) is 1. The van der Waals surface area contributed by atoms with Gasteiger partial charge in [-0.1, -0.05) is 67.9 Å². The number of rotatable bonds is 3. The Kier molecular flexibility index (Phi) is 4.54. The fourth-order valence-corrected chi connectivity index (χ4v) is 2.37. The van der Waals surface area contributed by atoms with E-state index in [1.165, 1.54) is 11.1 Å². The fourth-order valence-electron chi connectivity index (χ4n) is 2.09. The molecule has 94 valence electrons. The molecule has 1 aromatic carbocycles. The van der Waals surface area contributed by atoms with Crippen molar-refractivity contribution in [2.45, 2.75) is 50.8 Å². The van der Waals surface area contributed by atoms with Crippen LogP contribution in [0.15, 0.2) is 24.3 Å². The Morgan fingerprint density at radius 1 is 1.24 bits per heavy atom. The normalized spacial score (nSPS) is 15.4. The van der Waals surface area contributed by atoms with E-state index in [4.69, 9.17) is 0 Å². The maximum Gasteiger partial charge on any atom is 0.144 e. The molecular weight excluding hydrogens is 276 g/mol. The summed E-state index contributed by atoms with van der Waals surface area (Å²) in [6.07, 6.45) is 0. The molecule has 0 saturated carbocycles. The van der Waals surface area contributed by atoms with Gasteiger partial charge < -0.3 is 0 Å². The lowest BCUT2D eigenvalue weighted by Crippen LogP contribution is -2.22. The molecule has 0 N–H and O–H groups in total. The molecule has 0 saturated heterocycles. The predicted molar refractivity (Wildman–Crippen MR) is 77.0 cm³/mol. The first kappa shape index (κ1) is 14.4. The monoisotopic (exact) mass is 296 g/mol. The highest BCUT2D eigenvalue weighted by atomic mass is 79.9. The van der Waals surface area contributed by atoms with Crippen molar-refractivity contribution in [2.24, 2.45) is 0 Å². The SMILES string of the molecule is CC(=O)C(Br)C(C)c1ccccc1C(C)(C)C. The first-order valence-electron chi connectivity index (χ1n) is 5.99. The maximum atomic E-state index is 11.5. The van der Waals surface area contributed by atoms with Gasteiger partial charge in [0, 0.05) is 5.92 Å². The van der Waals surface area contributed by atoms with E-state index in [9.17, 15) is 4.79 Å². The van der Waals surface area contributed by atoms with E-state index in [-0.39, 0.29) is 21.9 Å². The zero-order valence-corrected chi connectivity index (χ0v) is 12.8. The number of carbonyl (C=O) groups excluding carboxylic acids is 1. The number of benzene rings is 1. The molecule has 17 heavy (non-hydrogen) atoms. The van der Waals surface area contributed by atoms with Crippen LogP contribution in [-0.2, 0) is 10.2 Å². The topological polar surface area (TPSA) is 17.1 Å². The van der Waals surface area contributed by atoms with E-state index < -0.39 is 0 Å². The maximum absolute atomic E-state index is 11.5. The highest BCUT2D eigenvalue weighted by Crippen LogP contribution is 2.34. The molecule has 1 aromatic rings. The minimum absolute atomic E-state index is 0.106. The highest BCUT2D eigenvalue weighted by molar-refractivity contribution is 9.10. The third-order valence-electron chi connectivity index (χ3n) is 3.09. The van der Waals surface area contributed by atoms with Crippen LogP contribution in [0, 0.1) is 0 Å². The van der Waals surface area contributed by atoms with Gasteiger partial charge in [0.15, 0.2) is 0 Å². The summed E-state index contributed by atoms with van der Waals surface area (Å²) in [6, 6.07) is 8.39. The van der Waals surface area contributed by atoms with Gasteiger partial charge in [-0.25, -0.2) is 0 Å². The van der Waals surface area contributed by atoms with Crippen molar-refractivity contribution in [3.05, 3.63) is 35.4 Å². The second kappa shape index (κ2) is 5.34. The van der Waals surface area contributed by atoms with Crippen molar-refractivity contribution in [3.63, 3.8) is 0 Å². The van der Waals surface area contributed by atoms with E-state index in [0.29, 0.717) is 0 Å². The van der Waals surface area contributed by atoms with Crippen molar-refractivity contribution in [1.29, 1.82) is 0 Å². The summed E-state index contributed by atoms with van der Waals surface area (Å²) in [6.45, 7) is 10.3. The zero-order valence-electron chi connectivity index (χ0n) is 11.3. The van der Waals surface area contributed by atoms with Crippen molar-refractivity contribution in [1.82, 2.24) is 0 Å². The lowest BCUT2D eigenvalue weighted by atomic mass is 9.79. The second-order valence-corrected chi connectivity index (χ2v) is 6.62. The molecule has 0 aromatic heterocycles. The summed E-state index contributed by atoms with van der Waals surface area (Å²) in [5.41, 5.74) is 2.68. The Morgan fingerprint density at radius 3 is 2.24 bits per heavy atom. The van der Waals surface area contributed by atoms with E-state index in [1.54, 1.807) is 6.92 Å². The zero-order chi connectivity index (χ0) is 13.2. The van der Waals surface area contributed by atoms with Gasteiger partial charge in [-0.05, 0) is 23.5 Å². The van der Waals surface area contributed by atoms with Crippen molar-refractivity contribution < 1.29 is 4.79 Å². The standard InChI is InChI=1S/C15H21BrO/c1-10(14(16)11(2)17)12-8-6-7-9-13(12)15(3,4)5/h6-10,14H,1-5H3. The molecular formula is C15H21BrO. The van der Waals surface area contributed by atoms with Gasteiger partial charge >= 0.3 is 0 Å². The summed E-state index contributed by atoms with van der Waals surface area (Å²) < 4.78 is 0. The molecule has 1 nitrogen and oxygen atoms in total. The van der Waals surface area contributed by atoms with E-state index in [0.717, 1.165) is 0 Å². The molecule has 2 unspecified atom stereocenters. The summed E-state index contributed by atoms with van der Waals surface area (Å²) >= 11 is 3.50. The smallest absolute Gasteiger partial charge is 0.144 e. The molecule has 2 atom stereocenters. The van der Waals surface area contributed by atoms with Crippen molar-refractivity contribution in [2.75, 3.05) is 0 Å². The Labute approximate surface area is 113 Å². The predicted octanol–water partition coefficient (Wildman–Crippen LogP) is 4.44. The van der Waals surface area contributed by atoms with Crippen LogP contribution in [0.5, 0.6) is 0 Å². The Morgan fingerprint density at radius 2 is 1.76 bits per heavy atom. The number of alkyl halides is 1. The lowest BCUT2D eigenvalue weighted by molar-refractivity contribution is -0.116. The van der Waals surface area contributed by atoms with Crippen LogP contribution in [0.2, 0.25) is 0 Å². The Bertz CT molecular complexity index is 404. The molecule has 0 radical (unpaired) electrons. The molecule has 2 heteroatoms. The molecule has 0 heterocycles. The summed E-state index contributed by atoms with van der Waals surface area (Å²) in [5, 5.41) is 0. The van der Waals surface area contributed by atoms with Crippen LogP contribution in [0.3, 0.4) is 0 Å². The first-order chi connectivity index (χ1) is 7.75. The van der Waals surface area contributed by atoms with Gasteiger partial charge in [-0.3, -0.25) is 4.79 Å². The molecule has 0 aliphatic heterocycles. The van der Waals surface area contributed by atoms with Gasteiger partial charge in [-0.2, -0.15) is 0 Å². The highest BCUT2D eigenvalue weighted by Gasteiger charge is 2.25. The van der Waals surface area contributed by atoms with Crippen LogP contribution in [0.1, 0.15) is 51.7 Å². The van der Waals surface area contributed by atoms with Gasteiger partial charge in [0.2, 0.25) is 0 Å². The number of Topliss-reactive ketones (excluding diaryl/α,β-unsaturated/α-hetero) is 1. The minimum Gasteiger partial charge on any atom is -0.299 e. The van der Waals surface area contributed by atoms with Crippen LogP contribution in [0.25, 0.3) is 0 Å². The number of carbonyl (C=O) groups is 1. The average Bonchev–Trinajstić information content (AvgIpc) is 2.25. The minimum atomic E-state index is -0.106. The van der Waals surface area contributed by atoms with E-state index in [2.05, 4.69) is 61.8 Å². The average molecular weight is 297 g/mol. The van der Waals surface area contributed by atoms with Crippen molar-refractivity contribution in [3.8, 4) is 0 Å². The third-order valence-corrected chi connectivity index (χ3v) is 4.52. The van der Waals surface area contributed by atoms with Crippen LogP contribution < -0.4 is 0 Å².